The molecule has 0 atom stereocenters. The summed E-state index contributed by atoms with van der Waals surface area (Å²) < 4.78 is 1.84. The van der Waals surface area contributed by atoms with Crippen molar-refractivity contribution in [3.63, 3.8) is 0 Å². The average molecular weight is 231 g/mol. The number of nitrogens with zero attached hydrogens (tertiary/aromatic N) is 3. The monoisotopic (exact) mass is 231 g/mol. The van der Waals surface area contributed by atoms with E-state index in [1.165, 1.54) is 11.1 Å². The highest BCUT2D eigenvalue weighted by Crippen LogP contribution is 2.34. The molecule has 0 aromatic carbocycles. The number of fused-ring (bicyclic) bond motifs is 1. The molecule has 0 bridgehead atoms. The lowest BCUT2D eigenvalue weighted by atomic mass is 9.82. The van der Waals surface area contributed by atoms with Crippen molar-refractivity contribution in [2.75, 3.05) is 0 Å². The third-order valence-corrected chi connectivity index (χ3v) is 3.80. The van der Waals surface area contributed by atoms with Gasteiger partial charge in [-0.1, -0.05) is 0 Å². The maximum atomic E-state index is 9.55. The number of aliphatic hydroxyl groups is 1. The highest BCUT2D eigenvalue weighted by atomic mass is 16.3. The van der Waals surface area contributed by atoms with Crippen molar-refractivity contribution in [3.05, 3.63) is 29.7 Å². The van der Waals surface area contributed by atoms with Gasteiger partial charge in [-0.3, -0.25) is 0 Å². The van der Waals surface area contributed by atoms with E-state index in [1.807, 2.05) is 4.52 Å². The van der Waals surface area contributed by atoms with Gasteiger partial charge in [0, 0.05) is 6.20 Å². The molecule has 2 aromatic rings. The molecule has 2 heterocycles. The van der Waals surface area contributed by atoms with Crippen molar-refractivity contribution in [2.24, 2.45) is 0 Å². The van der Waals surface area contributed by atoms with Gasteiger partial charge in [0.05, 0.1) is 6.10 Å². The van der Waals surface area contributed by atoms with Crippen LogP contribution >= 0.6 is 0 Å². The zero-order valence-corrected chi connectivity index (χ0v) is 10.0. The molecule has 4 heteroatoms. The number of aromatic nitrogens is 3. The van der Waals surface area contributed by atoms with Gasteiger partial charge < -0.3 is 5.11 Å². The molecular formula is C13H17N3O. The summed E-state index contributed by atoms with van der Waals surface area (Å²) in [5.41, 5.74) is 3.55. The Hall–Kier alpha value is -1.42. The van der Waals surface area contributed by atoms with E-state index in [2.05, 4.69) is 29.3 Å². The van der Waals surface area contributed by atoms with E-state index in [0.29, 0.717) is 5.92 Å². The molecule has 17 heavy (non-hydrogen) atoms. The lowest BCUT2D eigenvalue weighted by Gasteiger charge is -2.26. The molecule has 2 aromatic heterocycles. The summed E-state index contributed by atoms with van der Waals surface area (Å²) in [4.78, 5) is 4.19. The van der Waals surface area contributed by atoms with E-state index < -0.39 is 0 Å². The van der Waals surface area contributed by atoms with Gasteiger partial charge in [0.2, 0.25) is 0 Å². The van der Waals surface area contributed by atoms with Crippen LogP contribution in [-0.4, -0.2) is 25.8 Å². The Kier molecular flexibility index (Phi) is 2.59. The fraction of sp³-hybridized carbons (Fsp3) is 0.538. The van der Waals surface area contributed by atoms with E-state index in [1.54, 1.807) is 6.33 Å². The lowest BCUT2D eigenvalue weighted by molar-refractivity contribution is 0.122. The van der Waals surface area contributed by atoms with Crippen LogP contribution in [0.1, 0.15) is 42.7 Å². The topological polar surface area (TPSA) is 50.4 Å². The highest BCUT2D eigenvalue weighted by molar-refractivity contribution is 5.43. The van der Waals surface area contributed by atoms with Crippen LogP contribution in [0.15, 0.2) is 18.6 Å². The van der Waals surface area contributed by atoms with Gasteiger partial charge in [-0.15, -0.1) is 0 Å². The van der Waals surface area contributed by atoms with Crippen LogP contribution in [-0.2, 0) is 0 Å². The predicted octanol–water partition coefficient (Wildman–Crippen LogP) is 2.06. The second-order valence-corrected chi connectivity index (χ2v) is 4.98. The van der Waals surface area contributed by atoms with E-state index >= 15 is 0 Å². The van der Waals surface area contributed by atoms with Gasteiger partial charge >= 0.3 is 0 Å². The van der Waals surface area contributed by atoms with Crippen molar-refractivity contribution < 1.29 is 5.11 Å². The van der Waals surface area contributed by atoms with Gasteiger partial charge in [-0.25, -0.2) is 9.50 Å². The number of pyridine rings is 1. The summed E-state index contributed by atoms with van der Waals surface area (Å²) in [5, 5.41) is 13.7. The standard InChI is InChI=1S/C13H17N3O/c1-9-6-13-14-8-15-16(13)7-12(9)10-2-4-11(17)5-3-10/h6-8,10-11,17H,2-5H2,1H3/t10-,11-. The molecule has 0 unspecified atom stereocenters. The second-order valence-electron chi connectivity index (χ2n) is 4.98. The maximum absolute atomic E-state index is 9.55. The normalized spacial score (nSPS) is 25.3. The Bertz CT molecular complexity index is 526. The summed E-state index contributed by atoms with van der Waals surface area (Å²) in [7, 11) is 0. The second kappa shape index (κ2) is 4.11. The molecule has 0 amide bonds. The summed E-state index contributed by atoms with van der Waals surface area (Å²) in [6.07, 6.45) is 7.56. The van der Waals surface area contributed by atoms with E-state index in [0.717, 1.165) is 31.3 Å². The molecule has 0 aliphatic heterocycles. The lowest BCUT2D eigenvalue weighted by Crippen LogP contribution is -2.18. The summed E-state index contributed by atoms with van der Waals surface area (Å²) in [6, 6.07) is 2.09. The van der Waals surface area contributed by atoms with E-state index in [9.17, 15) is 5.11 Å². The van der Waals surface area contributed by atoms with Gasteiger partial charge in [-0.2, -0.15) is 5.10 Å². The molecule has 0 spiro atoms. The molecule has 1 N–H and O–H groups in total. The molecule has 4 nitrogen and oxygen atoms in total. The minimum Gasteiger partial charge on any atom is -0.393 e. The molecule has 90 valence electrons. The first kappa shape index (κ1) is 10.7. The molecule has 3 rings (SSSR count). The van der Waals surface area contributed by atoms with Crippen LogP contribution in [0.25, 0.3) is 5.65 Å². The first-order valence-corrected chi connectivity index (χ1v) is 6.22. The number of hydrogen-bond acceptors (Lipinski definition) is 3. The SMILES string of the molecule is Cc1cc2ncnn2cc1[C@H]1CC[C@H](O)CC1. The van der Waals surface area contributed by atoms with Gasteiger partial charge in [0.1, 0.15) is 6.33 Å². The number of hydrogen-bond donors (Lipinski definition) is 1. The summed E-state index contributed by atoms with van der Waals surface area (Å²) in [6.45, 7) is 2.13. The minimum atomic E-state index is -0.0957. The van der Waals surface area contributed by atoms with Gasteiger partial charge in [0.15, 0.2) is 5.65 Å². The van der Waals surface area contributed by atoms with Crippen LogP contribution in [0.2, 0.25) is 0 Å². The molecule has 1 aliphatic carbocycles. The fourth-order valence-corrected chi connectivity index (χ4v) is 2.79. The zero-order chi connectivity index (χ0) is 11.8. The summed E-state index contributed by atoms with van der Waals surface area (Å²) >= 11 is 0. The maximum Gasteiger partial charge on any atom is 0.155 e. The average Bonchev–Trinajstić information content (AvgIpc) is 2.76. The van der Waals surface area contributed by atoms with Crippen LogP contribution in [0, 0.1) is 6.92 Å². The van der Waals surface area contributed by atoms with Crippen LogP contribution in [0.3, 0.4) is 0 Å². The smallest absolute Gasteiger partial charge is 0.155 e. The third-order valence-electron chi connectivity index (χ3n) is 3.80. The van der Waals surface area contributed by atoms with Crippen LogP contribution in [0.4, 0.5) is 0 Å². The van der Waals surface area contributed by atoms with Crippen LogP contribution in [0.5, 0.6) is 0 Å². The number of aliphatic hydroxyl groups excluding tert-OH is 1. The van der Waals surface area contributed by atoms with Crippen molar-refractivity contribution >= 4 is 5.65 Å². The van der Waals surface area contributed by atoms with E-state index in [4.69, 9.17) is 0 Å². The number of aryl methyl sites for hydroxylation is 1. The summed E-state index contributed by atoms with van der Waals surface area (Å²) in [5.74, 6) is 0.562. The largest absolute Gasteiger partial charge is 0.393 e. The molecule has 1 fully saturated rings. The zero-order valence-electron chi connectivity index (χ0n) is 10.0. The first-order valence-electron chi connectivity index (χ1n) is 6.22. The fourth-order valence-electron chi connectivity index (χ4n) is 2.79. The Morgan fingerprint density at radius 3 is 2.82 bits per heavy atom. The molecule has 0 saturated heterocycles. The Morgan fingerprint density at radius 1 is 1.29 bits per heavy atom. The quantitative estimate of drug-likeness (QED) is 0.817. The molecule has 1 aliphatic rings. The first-order chi connectivity index (χ1) is 8.24. The molecule has 1 saturated carbocycles. The van der Waals surface area contributed by atoms with Gasteiger partial charge in [-0.05, 0) is 55.7 Å². The Morgan fingerprint density at radius 2 is 2.06 bits per heavy atom. The highest BCUT2D eigenvalue weighted by Gasteiger charge is 2.22. The van der Waals surface area contributed by atoms with Crippen molar-refractivity contribution in [3.8, 4) is 0 Å². The third kappa shape index (κ3) is 1.93. The van der Waals surface area contributed by atoms with Crippen LogP contribution < -0.4 is 0 Å². The number of rotatable bonds is 1. The predicted molar refractivity (Wildman–Crippen MR) is 64.9 cm³/mol. The van der Waals surface area contributed by atoms with Gasteiger partial charge in [0.25, 0.3) is 0 Å². The van der Waals surface area contributed by atoms with E-state index in [-0.39, 0.29) is 6.10 Å². The Balaban J connectivity index is 1.96. The van der Waals surface area contributed by atoms with Crippen molar-refractivity contribution in [1.29, 1.82) is 0 Å². The molecule has 0 radical (unpaired) electrons. The molecular weight excluding hydrogens is 214 g/mol. The van der Waals surface area contributed by atoms with Crippen molar-refractivity contribution in [1.82, 2.24) is 14.6 Å². The van der Waals surface area contributed by atoms with Crippen molar-refractivity contribution in [2.45, 2.75) is 44.6 Å². The Labute approximate surface area is 100 Å². The minimum absolute atomic E-state index is 0.0957.